The van der Waals surface area contributed by atoms with Crippen LogP contribution < -0.4 is 10.5 Å². The van der Waals surface area contributed by atoms with Crippen molar-refractivity contribution in [3.63, 3.8) is 0 Å². The summed E-state index contributed by atoms with van der Waals surface area (Å²) in [7, 11) is 0.526. The second-order valence-electron chi connectivity index (χ2n) is 5.12. The van der Waals surface area contributed by atoms with E-state index in [9.17, 15) is 4.21 Å². The Hall–Kier alpha value is -1.65. The summed E-state index contributed by atoms with van der Waals surface area (Å²) in [6.07, 6.45) is 0. The van der Waals surface area contributed by atoms with Gasteiger partial charge >= 0.3 is 0 Å². The molecule has 0 spiro atoms. The van der Waals surface area contributed by atoms with Gasteiger partial charge in [-0.15, -0.1) is 0 Å². The molecule has 0 heterocycles. The minimum atomic E-state index is -1.10. The van der Waals surface area contributed by atoms with Crippen LogP contribution in [-0.4, -0.2) is 11.3 Å². The van der Waals surface area contributed by atoms with Gasteiger partial charge in [-0.25, -0.2) is 0 Å². The van der Waals surface area contributed by atoms with Crippen LogP contribution in [0.5, 0.6) is 5.75 Å². The topological polar surface area (TPSA) is 52.3 Å². The lowest BCUT2D eigenvalue weighted by molar-refractivity contribution is 0.411. The van der Waals surface area contributed by atoms with Crippen LogP contribution >= 0.6 is 0 Å². The monoisotopic (exact) mass is 303 g/mol. The zero-order valence-corrected chi connectivity index (χ0v) is 13.4. The van der Waals surface area contributed by atoms with Gasteiger partial charge in [0.1, 0.15) is 5.75 Å². The van der Waals surface area contributed by atoms with Crippen molar-refractivity contribution in [2.45, 2.75) is 30.5 Å². The highest BCUT2D eigenvalue weighted by atomic mass is 32.2. The van der Waals surface area contributed by atoms with Crippen molar-refractivity contribution in [2.24, 2.45) is 5.73 Å². The molecule has 0 aromatic heterocycles. The van der Waals surface area contributed by atoms with E-state index in [4.69, 9.17) is 10.5 Å². The lowest BCUT2D eigenvalue weighted by Crippen LogP contribution is -2.07. The Morgan fingerprint density at radius 3 is 2.57 bits per heavy atom. The highest BCUT2D eigenvalue weighted by Crippen LogP contribution is 2.26. The van der Waals surface area contributed by atoms with Crippen molar-refractivity contribution in [2.75, 3.05) is 7.11 Å². The Labute approximate surface area is 128 Å². The Bertz CT molecular complexity index is 653. The van der Waals surface area contributed by atoms with Crippen LogP contribution in [0.4, 0.5) is 0 Å². The molecular weight excluding hydrogens is 282 g/mol. The van der Waals surface area contributed by atoms with Crippen LogP contribution in [0.25, 0.3) is 0 Å². The number of aryl methyl sites for hydroxylation is 1. The Morgan fingerprint density at radius 2 is 1.95 bits per heavy atom. The largest absolute Gasteiger partial charge is 0.496 e. The van der Waals surface area contributed by atoms with Gasteiger partial charge in [-0.05, 0) is 43.2 Å². The molecule has 0 amide bonds. The average molecular weight is 303 g/mol. The lowest BCUT2D eigenvalue weighted by atomic mass is 10.1. The normalized spacial score (nSPS) is 13.7. The Morgan fingerprint density at radius 1 is 1.24 bits per heavy atom. The molecule has 2 aromatic rings. The zero-order chi connectivity index (χ0) is 15.4. The average Bonchev–Trinajstić information content (AvgIpc) is 2.47. The number of hydrogen-bond donors (Lipinski definition) is 1. The van der Waals surface area contributed by atoms with Gasteiger partial charge in [0.25, 0.3) is 0 Å². The van der Waals surface area contributed by atoms with Gasteiger partial charge in [0, 0.05) is 16.5 Å². The second-order valence-corrected chi connectivity index (χ2v) is 6.53. The summed E-state index contributed by atoms with van der Waals surface area (Å²) in [5, 5.41) is 0. The standard InChI is InChI=1S/C17H21NO2S/c1-12-6-4-5-7-17(12)21(19)11-15-10-14(13(2)18)8-9-16(15)20-3/h4-10,13H,11,18H2,1-3H3. The first-order valence-electron chi connectivity index (χ1n) is 6.89. The summed E-state index contributed by atoms with van der Waals surface area (Å²) in [5.74, 6) is 1.18. The molecule has 21 heavy (non-hydrogen) atoms. The van der Waals surface area contributed by atoms with Gasteiger partial charge in [-0.2, -0.15) is 0 Å². The van der Waals surface area contributed by atoms with E-state index in [1.54, 1.807) is 7.11 Å². The molecule has 0 aliphatic heterocycles. The first-order chi connectivity index (χ1) is 10.0. The Balaban J connectivity index is 2.32. The van der Waals surface area contributed by atoms with Gasteiger partial charge < -0.3 is 10.5 Å². The van der Waals surface area contributed by atoms with Gasteiger partial charge in [0.15, 0.2) is 0 Å². The number of nitrogens with two attached hydrogens (primary N) is 1. The number of methoxy groups -OCH3 is 1. The molecule has 0 radical (unpaired) electrons. The van der Waals surface area contributed by atoms with Crippen LogP contribution in [0.15, 0.2) is 47.4 Å². The van der Waals surface area contributed by atoms with E-state index in [-0.39, 0.29) is 6.04 Å². The van der Waals surface area contributed by atoms with Crippen LogP contribution in [-0.2, 0) is 16.6 Å². The molecule has 2 N–H and O–H groups in total. The summed E-state index contributed by atoms with van der Waals surface area (Å²) in [6.45, 7) is 3.91. The lowest BCUT2D eigenvalue weighted by Gasteiger charge is -2.13. The molecule has 2 unspecified atom stereocenters. The van der Waals surface area contributed by atoms with E-state index in [1.165, 1.54) is 0 Å². The number of hydrogen-bond acceptors (Lipinski definition) is 3. The zero-order valence-electron chi connectivity index (χ0n) is 12.6. The number of benzene rings is 2. The smallest absolute Gasteiger partial charge is 0.123 e. The summed E-state index contributed by atoms with van der Waals surface area (Å²) >= 11 is 0. The number of ether oxygens (including phenoxy) is 1. The van der Waals surface area contributed by atoms with E-state index in [0.29, 0.717) is 5.75 Å². The van der Waals surface area contributed by atoms with E-state index in [1.807, 2.05) is 56.3 Å². The minimum absolute atomic E-state index is 0.0541. The van der Waals surface area contributed by atoms with Crippen molar-refractivity contribution in [1.29, 1.82) is 0 Å². The van der Waals surface area contributed by atoms with Crippen molar-refractivity contribution >= 4 is 10.8 Å². The maximum atomic E-state index is 12.6. The fourth-order valence-electron chi connectivity index (χ4n) is 2.23. The van der Waals surface area contributed by atoms with Crippen molar-refractivity contribution in [1.82, 2.24) is 0 Å². The highest BCUT2D eigenvalue weighted by molar-refractivity contribution is 7.84. The SMILES string of the molecule is COc1ccc(C(C)N)cc1CS(=O)c1ccccc1C. The van der Waals surface area contributed by atoms with Gasteiger partial charge in [0.2, 0.25) is 0 Å². The molecule has 0 aliphatic carbocycles. The first-order valence-corrected chi connectivity index (χ1v) is 8.21. The first kappa shape index (κ1) is 15.7. The second kappa shape index (κ2) is 6.87. The summed E-state index contributed by atoms with van der Waals surface area (Å²) in [4.78, 5) is 0.866. The van der Waals surface area contributed by atoms with Crippen molar-refractivity contribution in [3.05, 3.63) is 59.2 Å². The van der Waals surface area contributed by atoms with Crippen LogP contribution in [0.2, 0.25) is 0 Å². The van der Waals surface area contributed by atoms with Crippen LogP contribution in [0.1, 0.15) is 29.7 Å². The number of rotatable bonds is 5. The summed E-state index contributed by atoms with van der Waals surface area (Å²) in [6, 6.07) is 13.5. The third-order valence-corrected chi connectivity index (χ3v) is 4.98. The van der Waals surface area contributed by atoms with Crippen LogP contribution in [0, 0.1) is 6.92 Å². The predicted octanol–water partition coefficient (Wildman–Crippen LogP) is 3.33. The molecule has 0 fully saturated rings. The minimum Gasteiger partial charge on any atom is -0.496 e. The predicted molar refractivity (Wildman–Crippen MR) is 86.9 cm³/mol. The summed E-state index contributed by atoms with van der Waals surface area (Å²) in [5.41, 5.74) is 8.91. The summed E-state index contributed by atoms with van der Waals surface area (Å²) < 4.78 is 18.0. The Kier molecular flexibility index (Phi) is 5.15. The van der Waals surface area contributed by atoms with Crippen molar-refractivity contribution in [3.8, 4) is 5.75 Å². The third kappa shape index (κ3) is 3.71. The van der Waals surface area contributed by atoms with Crippen LogP contribution in [0.3, 0.4) is 0 Å². The maximum Gasteiger partial charge on any atom is 0.123 e. The third-order valence-electron chi connectivity index (χ3n) is 3.46. The molecule has 2 atom stereocenters. The van der Waals surface area contributed by atoms with Gasteiger partial charge in [0.05, 0.1) is 23.7 Å². The molecule has 0 aliphatic rings. The van der Waals surface area contributed by atoms with E-state index in [0.717, 1.165) is 27.3 Å². The van der Waals surface area contributed by atoms with E-state index in [2.05, 4.69) is 0 Å². The van der Waals surface area contributed by atoms with Crippen molar-refractivity contribution < 1.29 is 8.95 Å². The molecule has 112 valence electrons. The highest BCUT2D eigenvalue weighted by Gasteiger charge is 2.13. The van der Waals surface area contributed by atoms with Gasteiger partial charge in [-0.3, -0.25) is 4.21 Å². The molecule has 0 saturated heterocycles. The van der Waals surface area contributed by atoms with E-state index < -0.39 is 10.8 Å². The van der Waals surface area contributed by atoms with E-state index >= 15 is 0 Å². The molecule has 4 heteroatoms. The molecule has 2 aromatic carbocycles. The maximum absolute atomic E-state index is 12.6. The molecule has 0 bridgehead atoms. The quantitative estimate of drug-likeness (QED) is 0.921. The molecule has 0 saturated carbocycles. The fourth-order valence-corrected chi connectivity index (χ4v) is 3.55. The molecule has 2 rings (SSSR count). The van der Waals surface area contributed by atoms with Gasteiger partial charge in [-0.1, -0.05) is 24.3 Å². The fraction of sp³-hybridized carbons (Fsp3) is 0.294. The molecule has 3 nitrogen and oxygen atoms in total. The molecular formula is C17H21NO2S.